The summed E-state index contributed by atoms with van der Waals surface area (Å²) in [4.78, 5) is 20.9. The first-order valence-electron chi connectivity index (χ1n) is 2.75. The lowest BCUT2D eigenvalue weighted by molar-refractivity contribution is -0.123. The number of carbonyl (C=O) groups excluding carboxylic acids is 2. The topological polar surface area (TPSA) is 104 Å². The summed E-state index contributed by atoms with van der Waals surface area (Å²) in [6.07, 6.45) is 0. The van der Waals surface area contributed by atoms with Crippen molar-refractivity contribution in [2.45, 2.75) is 13.0 Å². The molecule has 0 radical (unpaired) electrons. The van der Waals surface area contributed by atoms with Crippen LogP contribution in [-0.2, 0) is 9.59 Å². The number of hydrogen-bond acceptors (Lipinski definition) is 3. The molecule has 0 rings (SSSR count). The minimum Gasteiger partial charge on any atom is -0.412 e. The normalized spacial score (nSPS) is 11.2. The lowest BCUT2D eigenvalue weighted by atomic mass is 10.3. The van der Waals surface area contributed by atoms with Gasteiger partial charge in [0.1, 0.15) is 0 Å². The highest BCUT2D eigenvalue weighted by Crippen LogP contribution is 1.81. The van der Waals surface area contributed by atoms with E-state index in [1.54, 1.807) is 6.92 Å². The summed E-state index contributed by atoms with van der Waals surface area (Å²) >= 11 is 2.66. The summed E-state index contributed by atoms with van der Waals surface area (Å²) in [5.74, 6) is -0.326. The van der Waals surface area contributed by atoms with Gasteiger partial charge in [0, 0.05) is 0 Å². The second-order valence-electron chi connectivity index (χ2n) is 1.86. The quantitative estimate of drug-likeness (QED) is 0.576. The molecule has 0 unspecified atom stereocenters. The molecule has 0 saturated heterocycles. The van der Waals surface area contributed by atoms with Gasteiger partial charge in [-0.3, -0.25) is 9.59 Å². The van der Waals surface area contributed by atoms with Crippen LogP contribution in [0.1, 0.15) is 6.92 Å². The lowest BCUT2D eigenvalue weighted by Gasteiger charge is -2.03. The van der Waals surface area contributed by atoms with Crippen LogP contribution >= 0.6 is 15.9 Å². The lowest BCUT2D eigenvalue weighted by Crippen LogP contribution is -2.39. The van der Waals surface area contributed by atoms with Gasteiger partial charge in [-0.05, 0) is 22.9 Å². The molecule has 0 saturated carbocycles. The fourth-order valence-electron chi connectivity index (χ4n) is 0.318. The molecule has 0 aliphatic rings. The molecule has 0 aliphatic carbocycles. The summed E-state index contributed by atoms with van der Waals surface area (Å²) in [5.41, 5.74) is 5.18. The highest BCUT2D eigenvalue weighted by atomic mass is 79.9. The standard InChI is InChI=1S/C5H9BrN2O2.H2O/c1-3(7)5(10)8-2-4(6)9;/h3H,2,7H2,1H3,(H,8,10);1H2/t3-;/m0./s1. The van der Waals surface area contributed by atoms with Crippen LogP contribution in [0, 0.1) is 0 Å². The van der Waals surface area contributed by atoms with Crippen molar-refractivity contribution in [3.05, 3.63) is 0 Å². The van der Waals surface area contributed by atoms with E-state index >= 15 is 0 Å². The minimum absolute atomic E-state index is 0. The summed E-state index contributed by atoms with van der Waals surface area (Å²) in [6.45, 7) is 1.54. The maximum absolute atomic E-state index is 10.6. The van der Waals surface area contributed by atoms with Gasteiger partial charge in [0.25, 0.3) is 0 Å². The van der Waals surface area contributed by atoms with E-state index in [0.29, 0.717) is 0 Å². The zero-order chi connectivity index (χ0) is 8.15. The van der Waals surface area contributed by atoms with E-state index in [4.69, 9.17) is 5.73 Å². The van der Waals surface area contributed by atoms with Crippen LogP contribution in [0.2, 0.25) is 0 Å². The molecule has 0 heterocycles. The van der Waals surface area contributed by atoms with Crippen molar-refractivity contribution in [2.24, 2.45) is 5.73 Å². The second-order valence-corrected chi connectivity index (χ2v) is 2.75. The predicted molar refractivity (Wildman–Crippen MR) is 44.2 cm³/mol. The van der Waals surface area contributed by atoms with E-state index in [2.05, 4.69) is 21.2 Å². The SMILES string of the molecule is C[C@H](N)C(=O)NCC(=O)Br.O. The van der Waals surface area contributed by atoms with Crippen LogP contribution < -0.4 is 11.1 Å². The molecular weight excluding hydrogens is 216 g/mol. The van der Waals surface area contributed by atoms with E-state index in [9.17, 15) is 9.59 Å². The summed E-state index contributed by atoms with van der Waals surface area (Å²) in [6, 6.07) is -0.563. The molecule has 1 amide bonds. The fourth-order valence-corrected chi connectivity index (χ4v) is 0.458. The first-order valence-corrected chi connectivity index (χ1v) is 3.55. The second kappa shape index (κ2) is 6.26. The van der Waals surface area contributed by atoms with Crippen LogP contribution in [0.15, 0.2) is 0 Å². The number of carbonyl (C=O) groups is 2. The van der Waals surface area contributed by atoms with Crippen molar-refractivity contribution < 1.29 is 15.1 Å². The van der Waals surface area contributed by atoms with Crippen molar-refractivity contribution in [3.8, 4) is 0 Å². The van der Waals surface area contributed by atoms with Crippen LogP contribution in [0.4, 0.5) is 0 Å². The van der Waals surface area contributed by atoms with Gasteiger partial charge < -0.3 is 16.5 Å². The Hall–Kier alpha value is -0.460. The van der Waals surface area contributed by atoms with Crippen LogP contribution in [0.3, 0.4) is 0 Å². The molecule has 66 valence electrons. The van der Waals surface area contributed by atoms with Crippen LogP contribution in [0.25, 0.3) is 0 Å². The van der Waals surface area contributed by atoms with Gasteiger partial charge in [0.05, 0.1) is 12.6 Å². The Morgan fingerprint density at radius 1 is 1.64 bits per heavy atom. The van der Waals surface area contributed by atoms with E-state index in [0.717, 1.165) is 0 Å². The number of nitrogens with one attached hydrogen (secondary N) is 1. The Morgan fingerprint density at radius 2 is 2.09 bits per heavy atom. The maximum Gasteiger partial charge on any atom is 0.237 e. The zero-order valence-corrected chi connectivity index (χ0v) is 7.64. The molecule has 6 heteroatoms. The third kappa shape index (κ3) is 7.44. The minimum atomic E-state index is -0.563. The summed E-state index contributed by atoms with van der Waals surface area (Å²) in [5, 5.41) is 2.32. The Bertz CT molecular complexity index is 149. The monoisotopic (exact) mass is 226 g/mol. The average molecular weight is 227 g/mol. The molecule has 5 nitrogen and oxygen atoms in total. The molecule has 0 bridgehead atoms. The van der Waals surface area contributed by atoms with Crippen molar-refractivity contribution in [2.75, 3.05) is 6.54 Å². The molecule has 0 fully saturated rings. The van der Waals surface area contributed by atoms with Crippen LogP contribution in [-0.4, -0.2) is 28.7 Å². The third-order valence-corrected chi connectivity index (χ3v) is 1.10. The number of hydrogen-bond donors (Lipinski definition) is 2. The van der Waals surface area contributed by atoms with Gasteiger partial charge in [-0.1, -0.05) is 0 Å². The molecule has 5 N–H and O–H groups in total. The molecular formula is C5H11BrN2O3. The molecule has 0 aromatic rings. The smallest absolute Gasteiger partial charge is 0.237 e. The van der Waals surface area contributed by atoms with Crippen molar-refractivity contribution in [3.63, 3.8) is 0 Å². The maximum atomic E-state index is 10.6. The van der Waals surface area contributed by atoms with Crippen molar-refractivity contribution in [1.82, 2.24) is 5.32 Å². The van der Waals surface area contributed by atoms with Crippen LogP contribution in [0.5, 0.6) is 0 Å². The first kappa shape index (κ1) is 13.2. The van der Waals surface area contributed by atoms with E-state index in [-0.39, 0.29) is 22.6 Å². The molecule has 0 aromatic carbocycles. The van der Waals surface area contributed by atoms with Gasteiger partial charge in [0.15, 0.2) is 0 Å². The first-order chi connectivity index (χ1) is 4.54. The average Bonchev–Trinajstić information content (AvgIpc) is 1.82. The molecule has 0 spiro atoms. The Kier molecular flexibility index (Phi) is 7.49. The zero-order valence-electron chi connectivity index (χ0n) is 6.06. The molecule has 1 atom stereocenters. The molecule has 0 aromatic heterocycles. The highest BCUT2D eigenvalue weighted by Gasteiger charge is 2.06. The van der Waals surface area contributed by atoms with E-state index < -0.39 is 6.04 Å². The number of nitrogens with two attached hydrogens (primary N) is 1. The number of rotatable bonds is 3. The van der Waals surface area contributed by atoms with E-state index in [1.165, 1.54) is 0 Å². The largest absolute Gasteiger partial charge is 0.412 e. The number of amides is 1. The summed E-state index contributed by atoms with van der Waals surface area (Å²) in [7, 11) is 0. The third-order valence-electron chi connectivity index (χ3n) is 0.815. The van der Waals surface area contributed by atoms with Gasteiger partial charge >= 0.3 is 0 Å². The Morgan fingerprint density at radius 3 is 2.36 bits per heavy atom. The summed E-state index contributed by atoms with van der Waals surface area (Å²) < 4.78 is -0.262. The Labute approximate surface area is 72.8 Å². The highest BCUT2D eigenvalue weighted by molar-refractivity contribution is 9.18. The van der Waals surface area contributed by atoms with Gasteiger partial charge in [0.2, 0.25) is 10.6 Å². The molecule has 11 heavy (non-hydrogen) atoms. The van der Waals surface area contributed by atoms with E-state index in [1.807, 2.05) is 0 Å². The molecule has 0 aliphatic heterocycles. The van der Waals surface area contributed by atoms with Gasteiger partial charge in [-0.25, -0.2) is 0 Å². The number of halogens is 1. The fraction of sp³-hybridized carbons (Fsp3) is 0.600. The van der Waals surface area contributed by atoms with Crippen molar-refractivity contribution >= 4 is 26.5 Å². The Balaban J connectivity index is 0. The van der Waals surface area contributed by atoms with Gasteiger partial charge in [-0.2, -0.15) is 0 Å². The van der Waals surface area contributed by atoms with Gasteiger partial charge in [-0.15, -0.1) is 0 Å². The predicted octanol–water partition coefficient (Wildman–Crippen LogP) is -1.45. The van der Waals surface area contributed by atoms with Crippen molar-refractivity contribution in [1.29, 1.82) is 0 Å².